The molecule has 0 amide bonds. The Kier molecular flexibility index (Phi) is 3.01. The van der Waals surface area contributed by atoms with Crippen molar-refractivity contribution in [2.45, 2.75) is 12.7 Å². The minimum absolute atomic E-state index is 0.417. The first kappa shape index (κ1) is 10.8. The van der Waals surface area contributed by atoms with Gasteiger partial charge in [-0.25, -0.2) is 9.37 Å². The molecular weight excluding hydrogens is 205 g/mol. The van der Waals surface area contributed by atoms with Crippen LogP contribution in [-0.2, 0) is 13.6 Å². The predicted molar refractivity (Wildman–Crippen MR) is 60.5 cm³/mol. The maximum absolute atomic E-state index is 14.1. The quantitative estimate of drug-likeness (QED) is 0.857. The summed E-state index contributed by atoms with van der Waals surface area (Å²) in [5, 5.41) is 0. The molecule has 1 aromatic carbocycles. The van der Waals surface area contributed by atoms with Crippen molar-refractivity contribution in [3.63, 3.8) is 0 Å². The van der Waals surface area contributed by atoms with Crippen LogP contribution in [-0.4, -0.2) is 9.55 Å². The standard InChI is InChI=1S/C12H14FN3/c1-16-7-6-15-12(16)11(13)10-4-2-9(8-14)3-5-10/h2-7,11H,8,14H2,1H3. The van der Waals surface area contributed by atoms with Gasteiger partial charge in [-0.1, -0.05) is 24.3 Å². The third-order valence-corrected chi connectivity index (χ3v) is 2.59. The predicted octanol–water partition coefficient (Wildman–Crippen LogP) is 1.94. The Bertz CT molecular complexity index is 461. The number of nitrogens with zero attached hydrogens (tertiary/aromatic N) is 2. The number of aromatic nitrogens is 2. The summed E-state index contributed by atoms with van der Waals surface area (Å²) < 4.78 is 15.8. The van der Waals surface area contributed by atoms with E-state index in [1.807, 2.05) is 12.1 Å². The molecule has 16 heavy (non-hydrogen) atoms. The first-order valence-corrected chi connectivity index (χ1v) is 5.12. The molecule has 0 fully saturated rings. The van der Waals surface area contributed by atoms with Crippen LogP contribution >= 0.6 is 0 Å². The molecule has 1 heterocycles. The van der Waals surface area contributed by atoms with Gasteiger partial charge in [0.25, 0.3) is 0 Å². The van der Waals surface area contributed by atoms with Gasteiger partial charge >= 0.3 is 0 Å². The van der Waals surface area contributed by atoms with Crippen LogP contribution in [0, 0.1) is 0 Å². The minimum Gasteiger partial charge on any atom is -0.335 e. The van der Waals surface area contributed by atoms with Gasteiger partial charge in [0.15, 0.2) is 6.17 Å². The third kappa shape index (κ3) is 1.97. The van der Waals surface area contributed by atoms with E-state index in [-0.39, 0.29) is 0 Å². The van der Waals surface area contributed by atoms with E-state index in [1.54, 1.807) is 36.1 Å². The van der Waals surface area contributed by atoms with E-state index in [0.717, 1.165) is 5.56 Å². The lowest BCUT2D eigenvalue weighted by Crippen LogP contribution is -2.03. The highest BCUT2D eigenvalue weighted by Gasteiger charge is 2.16. The van der Waals surface area contributed by atoms with Crippen LogP contribution < -0.4 is 5.73 Å². The van der Waals surface area contributed by atoms with Crippen LogP contribution in [0.5, 0.6) is 0 Å². The van der Waals surface area contributed by atoms with Crippen molar-refractivity contribution in [2.75, 3.05) is 0 Å². The van der Waals surface area contributed by atoms with E-state index in [4.69, 9.17) is 5.73 Å². The Labute approximate surface area is 93.7 Å². The molecule has 0 aliphatic heterocycles. The Balaban J connectivity index is 2.27. The largest absolute Gasteiger partial charge is 0.335 e. The molecule has 0 saturated heterocycles. The maximum Gasteiger partial charge on any atom is 0.183 e. The zero-order chi connectivity index (χ0) is 11.5. The van der Waals surface area contributed by atoms with Crippen molar-refractivity contribution in [1.82, 2.24) is 9.55 Å². The van der Waals surface area contributed by atoms with Gasteiger partial charge in [0.2, 0.25) is 0 Å². The Morgan fingerprint density at radius 1 is 1.38 bits per heavy atom. The number of alkyl halides is 1. The number of aryl methyl sites for hydroxylation is 1. The van der Waals surface area contributed by atoms with E-state index in [0.29, 0.717) is 17.9 Å². The molecular formula is C12H14FN3. The fraction of sp³-hybridized carbons (Fsp3) is 0.250. The molecule has 2 N–H and O–H groups in total. The van der Waals surface area contributed by atoms with Gasteiger partial charge in [0.05, 0.1) is 0 Å². The highest BCUT2D eigenvalue weighted by Crippen LogP contribution is 2.24. The number of nitrogens with two attached hydrogens (primary N) is 1. The van der Waals surface area contributed by atoms with Crippen LogP contribution in [0.1, 0.15) is 23.1 Å². The van der Waals surface area contributed by atoms with E-state index < -0.39 is 6.17 Å². The molecule has 0 bridgehead atoms. The van der Waals surface area contributed by atoms with E-state index in [9.17, 15) is 4.39 Å². The molecule has 2 rings (SSSR count). The number of imidazole rings is 1. The Morgan fingerprint density at radius 2 is 2.06 bits per heavy atom. The Hall–Kier alpha value is -1.68. The molecule has 0 aliphatic carbocycles. The van der Waals surface area contributed by atoms with Crippen LogP contribution in [0.25, 0.3) is 0 Å². The molecule has 1 unspecified atom stereocenters. The highest BCUT2D eigenvalue weighted by molar-refractivity contribution is 5.27. The third-order valence-electron chi connectivity index (χ3n) is 2.59. The topological polar surface area (TPSA) is 43.8 Å². The van der Waals surface area contributed by atoms with E-state index in [1.165, 1.54) is 0 Å². The van der Waals surface area contributed by atoms with Crippen LogP contribution in [0.2, 0.25) is 0 Å². The van der Waals surface area contributed by atoms with Crippen molar-refractivity contribution in [3.8, 4) is 0 Å². The lowest BCUT2D eigenvalue weighted by Gasteiger charge is -2.09. The van der Waals surface area contributed by atoms with Gasteiger partial charge in [-0.2, -0.15) is 0 Å². The SMILES string of the molecule is Cn1ccnc1C(F)c1ccc(CN)cc1. The first-order chi connectivity index (χ1) is 7.72. The smallest absolute Gasteiger partial charge is 0.183 e. The maximum atomic E-state index is 14.1. The van der Waals surface area contributed by atoms with Gasteiger partial charge < -0.3 is 10.3 Å². The number of hydrogen-bond acceptors (Lipinski definition) is 2. The second-order valence-corrected chi connectivity index (χ2v) is 3.70. The van der Waals surface area contributed by atoms with E-state index in [2.05, 4.69) is 4.98 Å². The second-order valence-electron chi connectivity index (χ2n) is 3.70. The second kappa shape index (κ2) is 4.45. The van der Waals surface area contributed by atoms with Crippen LogP contribution in [0.15, 0.2) is 36.7 Å². The zero-order valence-corrected chi connectivity index (χ0v) is 9.10. The summed E-state index contributed by atoms with van der Waals surface area (Å²) >= 11 is 0. The molecule has 3 nitrogen and oxygen atoms in total. The monoisotopic (exact) mass is 219 g/mol. The van der Waals surface area contributed by atoms with Crippen molar-refractivity contribution in [2.24, 2.45) is 12.8 Å². The molecule has 2 aromatic rings. The summed E-state index contributed by atoms with van der Waals surface area (Å²) in [7, 11) is 1.78. The minimum atomic E-state index is -1.19. The lowest BCUT2D eigenvalue weighted by atomic mass is 10.1. The molecule has 0 spiro atoms. The number of benzene rings is 1. The van der Waals surface area contributed by atoms with Gasteiger partial charge in [-0.3, -0.25) is 0 Å². The fourth-order valence-electron chi connectivity index (χ4n) is 1.59. The molecule has 0 aliphatic rings. The summed E-state index contributed by atoms with van der Waals surface area (Å²) in [5.41, 5.74) is 7.08. The fourth-order valence-corrected chi connectivity index (χ4v) is 1.59. The Morgan fingerprint density at radius 3 is 2.56 bits per heavy atom. The van der Waals surface area contributed by atoms with Crippen molar-refractivity contribution < 1.29 is 4.39 Å². The molecule has 4 heteroatoms. The van der Waals surface area contributed by atoms with Gasteiger partial charge in [0, 0.05) is 26.0 Å². The first-order valence-electron chi connectivity index (χ1n) is 5.12. The van der Waals surface area contributed by atoms with Gasteiger partial charge in [-0.15, -0.1) is 0 Å². The molecule has 0 saturated carbocycles. The summed E-state index contributed by atoms with van der Waals surface area (Å²) in [4.78, 5) is 4.00. The van der Waals surface area contributed by atoms with E-state index >= 15 is 0 Å². The summed E-state index contributed by atoms with van der Waals surface area (Å²) in [6.45, 7) is 0.472. The lowest BCUT2D eigenvalue weighted by molar-refractivity contribution is 0.376. The van der Waals surface area contributed by atoms with Gasteiger partial charge in [-0.05, 0) is 11.1 Å². The summed E-state index contributed by atoms with van der Waals surface area (Å²) in [6, 6.07) is 7.18. The van der Waals surface area contributed by atoms with Gasteiger partial charge in [0.1, 0.15) is 5.82 Å². The van der Waals surface area contributed by atoms with Crippen molar-refractivity contribution in [1.29, 1.82) is 0 Å². The molecule has 1 atom stereocenters. The molecule has 1 aromatic heterocycles. The van der Waals surface area contributed by atoms with Crippen molar-refractivity contribution in [3.05, 3.63) is 53.6 Å². The summed E-state index contributed by atoms with van der Waals surface area (Å²) in [6.07, 6.45) is 2.14. The highest BCUT2D eigenvalue weighted by atomic mass is 19.1. The average molecular weight is 219 g/mol. The number of rotatable bonds is 3. The number of halogens is 1. The molecule has 84 valence electrons. The van der Waals surface area contributed by atoms with Crippen LogP contribution in [0.3, 0.4) is 0 Å². The normalized spacial score (nSPS) is 12.7. The summed E-state index contributed by atoms with van der Waals surface area (Å²) in [5.74, 6) is 0.417. The van der Waals surface area contributed by atoms with Crippen LogP contribution in [0.4, 0.5) is 4.39 Å². The zero-order valence-electron chi connectivity index (χ0n) is 9.10. The molecule has 0 radical (unpaired) electrons. The number of hydrogen-bond donors (Lipinski definition) is 1. The average Bonchev–Trinajstić information content (AvgIpc) is 2.75. The van der Waals surface area contributed by atoms with Crippen molar-refractivity contribution >= 4 is 0 Å².